The molecule has 0 fully saturated rings. The number of nitrogens with two attached hydrogens (primary N) is 2. The zero-order valence-electron chi connectivity index (χ0n) is 10.2. The summed E-state index contributed by atoms with van der Waals surface area (Å²) in [5.41, 5.74) is 11.3. The van der Waals surface area contributed by atoms with Crippen molar-refractivity contribution in [2.75, 3.05) is 0 Å². The smallest absolute Gasteiger partial charge is 0.324 e. The lowest BCUT2D eigenvalue weighted by Gasteiger charge is -2.18. The van der Waals surface area contributed by atoms with Gasteiger partial charge in [0.05, 0.1) is 0 Å². The Balaban J connectivity index is 3.90. The van der Waals surface area contributed by atoms with Gasteiger partial charge in [0.1, 0.15) is 6.04 Å². The van der Waals surface area contributed by atoms with Gasteiger partial charge in [0.25, 0.3) is 0 Å². The molecule has 0 spiro atoms. The molecule has 0 aromatic heterocycles. The maximum absolute atomic E-state index is 11.4. The highest BCUT2D eigenvalue weighted by atomic mass is 16.6. The highest BCUT2D eigenvalue weighted by Crippen LogP contribution is 2.08. The number of ether oxygens (including phenoxy) is 1. The monoisotopic (exact) mass is 216 g/mol. The summed E-state index contributed by atoms with van der Waals surface area (Å²) in [6.07, 6.45) is 0.767. The molecule has 0 aromatic rings. The first-order valence-corrected chi connectivity index (χ1v) is 5.54. The maximum atomic E-state index is 11.4. The summed E-state index contributed by atoms with van der Waals surface area (Å²) in [5, 5.41) is 0. The second-order valence-corrected chi connectivity index (χ2v) is 4.84. The average Bonchev–Trinajstić information content (AvgIpc) is 2.00. The van der Waals surface area contributed by atoms with E-state index in [1.165, 1.54) is 0 Å². The lowest BCUT2D eigenvalue weighted by atomic mass is 10.0. The van der Waals surface area contributed by atoms with Gasteiger partial charge in [0, 0.05) is 6.42 Å². The number of hydrogen-bond donors (Lipinski definition) is 2. The number of carbonyl (C=O) groups is 1. The van der Waals surface area contributed by atoms with E-state index in [1.807, 2.05) is 27.7 Å². The molecule has 4 N–H and O–H groups in total. The molecule has 1 unspecified atom stereocenters. The van der Waals surface area contributed by atoms with E-state index in [0.29, 0.717) is 24.7 Å². The summed E-state index contributed by atoms with van der Waals surface area (Å²) in [6.45, 7) is 8.09. The largest absolute Gasteiger partial charge is 0.446 e. The molecule has 0 heterocycles. The van der Waals surface area contributed by atoms with E-state index < -0.39 is 18.2 Å². The van der Waals surface area contributed by atoms with Crippen molar-refractivity contribution >= 4 is 5.97 Å². The predicted octanol–water partition coefficient (Wildman–Crippen LogP) is 1.23. The van der Waals surface area contributed by atoms with Crippen molar-refractivity contribution in [3.63, 3.8) is 0 Å². The molecule has 0 aromatic carbocycles. The van der Waals surface area contributed by atoms with Crippen molar-refractivity contribution < 1.29 is 9.53 Å². The Morgan fingerprint density at radius 2 is 1.53 bits per heavy atom. The Morgan fingerprint density at radius 3 is 1.93 bits per heavy atom. The number of hydrogen-bond acceptors (Lipinski definition) is 4. The molecule has 0 aliphatic carbocycles. The van der Waals surface area contributed by atoms with E-state index in [0.717, 1.165) is 0 Å². The van der Waals surface area contributed by atoms with Crippen LogP contribution in [0.5, 0.6) is 0 Å². The fourth-order valence-corrected chi connectivity index (χ4v) is 1.35. The quantitative estimate of drug-likeness (QED) is 0.517. The second kappa shape index (κ2) is 6.80. The first-order chi connectivity index (χ1) is 6.82. The minimum atomic E-state index is -0.553. The van der Waals surface area contributed by atoms with Crippen LogP contribution in [-0.4, -0.2) is 18.2 Å². The van der Waals surface area contributed by atoms with Gasteiger partial charge in [-0.15, -0.1) is 0 Å². The van der Waals surface area contributed by atoms with E-state index in [2.05, 4.69) is 0 Å². The summed E-state index contributed by atoms with van der Waals surface area (Å²) in [4.78, 5) is 11.4. The van der Waals surface area contributed by atoms with Gasteiger partial charge in [-0.25, -0.2) is 0 Å². The minimum Gasteiger partial charge on any atom is -0.446 e. The summed E-state index contributed by atoms with van der Waals surface area (Å²) in [6, 6.07) is -0.553. The van der Waals surface area contributed by atoms with Crippen LogP contribution >= 0.6 is 0 Å². The summed E-state index contributed by atoms with van der Waals surface area (Å²) in [7, 11) is 0. The van der Waals surface area contributed by atoms with Gasteiger partial charge in [0.15, 0.2) is 6.23 Å². The van der Waals surface area contributed by atoms with Gasteiger partial charge < -0.3 is 10.5 Å². The van der Waals surface area contributed by atoms with Crippen LogP contribution in [0.4, 0.5) is 0 Å². The SMILES string of the molecule is CC(C)CC(N)OC(=O)[C@@H](N)CC(C)C. The summed E-state index contributed by atoms with van der Waals surface area (Å²) >= 11 is 0. The van der Waals surface area contributed by atoms with E-state index in [1.54, 1.807) is 0 Å². The Bertz CT molecular complexity index is 193. The van der Waals surface area contributed by atoms with Crippen LogP contribution in [-0.2, 0) is 9.53 Å². The predicted molar refractivity (Wildman–Crippen MR) is 61.0 cm³/mol. The molecule has 90 valence electrons. The van der Waals surface area contributed by atoms with Gasteiger partial charge in [0.2, 0.25) is 0 Å². The van der Waals surface area contributed by atoms with Gasteiger partial charge in [-0.1, -0.05) is 27.7 Å². The van der Waals surface area contributed by atoms with Gasteiger partial charge in [-0.3, -0.25) is 10.5 Å². The van der Waals surface area contributed by atoms with E-state index in [9.17, 15) is 4.79 Å². The lowest BCUT2D eigenvalue weighted by Crippen LogP contribution is -2.39. The summed E-state index contributed by atoms with van der Waals surface area (Å²) < 4.78 is 5.04. The van der Waals surface area contributed by atoms with Crippen LogP contribution < -0.4 is 11.5 Å². The fourth-order valence-electron chi connectivity index (χ4n) is 1.35. The molecule has 0 rings (SSSR count). The van der Waals surface area contributed by atoms with Crippen molar-refractivity contribution in [1.82, 2.24) is 0 Å². The zero-order chi connectivity index (χ0) is 12.0. The van der Waals surface area contributed by atoms with E-state index >= 15 is 0 Å². The molecule has 0 bridgehead atoms. The van der Waals surface area contributed by atoms with Crippen LogP contribution in [0.15, 0.2) is 0 Å². The molecular weight excluding hydrogens is 192 g/mol. The third kappa shape index (κ3) is 7.33. The normalized spacial score (nSPS) is 15.5. The van der Waals surface area contributed by atoms with Crippen LogP contribution in [0.1, 0.15) is 40.5 Å². The lowest BCUT2D eigenvalue weighted by molar-refractivity contribution is -0.151. The number of rotatable bonds is 6. The van der Waals surface area contributed by atoms with Crippen LogP contribution in [0, 0.1) is 11.8 Å². The molecular formula is C11H24N2O2. The van der Waals surface area contributed by atoms with Crippen LogP contribution in [0.3, 0.4) is 0 Å². The minimum absolute atomic E-state index is 0.383. The van der Waals surface area contributed by atoms with Crippen molar-refractivity contribution in [1.29, 1.82) is 0 Å². The third-order valence-corrected chi connectivity index (χ3v) is 2.00. The van der Waals surface area contributed by atoms with Gasteiger partial charge in [-0.05, 0) is 18.3 Å². The van der Waals surface area contributed by atoms with Crippen LogP contribution in [0.2, 0.25) is 0 Å². The molecule has 0 aliphatic rings. The molecule has 0 amide bonds. The number of carbonyl (C=O) groups excluding carboxylic acids is 1. The van der Waals surface area contributed by atoms with Gasteiger partial charge >= 0.3 is 5.97 Å². The Labute approximate surface area is 92.3 Å². The first-order valence-electron chi connectivity index (χ1n) is 5.54. The third-order valence-electron chi connectivity index (χ3n) is 2.00. The van der Waals surface area contributed by atoms with Crippen molar-refractivity contribution in [2.45, 2.75) is 52.8 Å². The van der Waals surface area contributed by atoms with Crippen molar-refractivity contribution in [3.8, 4) is 0 Å². The molecule has 0 radical (unpaired) electrons. The average molecular weight is 216 g/mol. The second-order valence-electron chi connectivity index (χ2n) is 4.84. The molecule has 0 aliphatic heterocycles. The maximum Gasteiger partial charge on any atom is 0.324 e. The Morgan fingerprint density at radius 1 is 1.07 bits per heavy atom. The topological polar surface area (TPSA) is 78.3 Å². The molecule has 4 heteroatoms. The Kier molecular flexibility index (Phi) is 6.52. The first kappa shape index (κ1) is 14.4. The molecule has 4 nitrogen and oxygen atoms in total. The highest BCUT2D eigenvalue weighted by Gasteiger charge is 2.19. The molecule has 2 atom stereocenters. The van der Waals surface area contributed by atoms with Crippen molar-refractivity contribution in [2.24, 2.45) is 23.3 Å². The number of esters is 1. The van der Waals surface area contributed by atoms with Crippen LogP contribution in [0.25, 0.3) is 0 Å². The fraction of sp³-hybridized carbons (Fsp3) is 0.909. The van der Waals surface area contributed by atoms with Crippen molar-refractivity contribution in [3.05, 3.63) is 0 Å². The van der Waals surface area contributed by atoms with E-state index in [-0.39, 0.29) is 0 Å². The van der Waals surface area contributed by atoms with E-state index in [4.69, 9.17) is 16.2 Å². The standard InChI is InChI=1S/C11H24N2O2/c1-7(2)5-9(12)11(14)15-10(13)6-8(3)4/h7-10H,5-6,12-13H2,1-4H3/t9-,10?/m0/s1. The zero-order valence-corrected chi connectivity index (χ0v) is 10.2. The van der Waals surface area contributed by atoms with Gasteiger partial charge in [-0.2, -0.15) is 0 Å². The summed E-state index contributed by atoms with van der Waals surface area (Å²) in [5.74, 6) is 0.403. The highest BCUT2D eigenvalue weighted by molar-refractivity contribution is 5.75. The Hall–Kier alpha value is -0.610. The molecule has 0 saturated heterocycles. The molecule has 15 heavy (non-hydrogen) atoms. The molecule has 0 saturated carbocycles.